The van der Waals surface area contributed by atoms with E-state index in [9.17, 15) is 0 Å². The van der Waals surface area contributed by atoms with E-state index in [4.69, 9.17) is 4.98 Å². The first-order valence-corrected chi connectivity index (χ1v) is 8.56. The molecule has 1 aromatic carbocycles. The van der Waals surface area contributed by atoms with Gasteiger partial charge in [0.15, 0.2) is 5.65 Å². The molecule has 0 radical (unpaired) electrons. The van der Waals surface area contributed by atoms with E-state index in [0.717, 1.165) is 29.2 Å². The fourth-order valence-electron chi connectivity index (χ4n) is 2.76. The van der Waals surface area contributed by atoms with Gasteiger partial charge in [-0.3, -0.25) is 4.68 Å². The Balaban J connectivity index is 0.00000192. The molecule has 0 aliphatic heterocycles. The van der Waals surface area contributed by atoms with E-state index in [1.165, 1.54) is 22.1 Å². The van der Waals surface area contributed by atoms with Gasteiger partial charge in [-0.25, -0.2) is 4.98 Å². The first kappa shape index (κ1) is 18.0. The minimum Gasteiger partial charge on any atom is -0.309 e. The Morgan fingerprint density at radius 1 is 1.22 bits per heavy atom. The van der Waals surface area contributed by atoms with Crippen LogP contribution >= 0.6 is 24.2 Å². The topological polar surface area (TPSA) is 34.0 Å². The van der Waals surface area contributed by atoms with Gasteiger partial charge in [0, 0.05) is 17.3 Å². The summed E-state index contributed by atoms with van der Waals surface area (Å²) in [5, 5.41) is 7.00. The first-order valence-electron chi connectivity index (χ1n) is 7.57. The molecule has 4 nitrogen and oxygen atoms in total. The average Bonchev–Trinajstić information content (AvgIpc) is 2.77. The lowest BCUT2D eigenvalue weighted by atomic mass is 10.1. The Kier molecular flexibility index (Phi) is 5.89. The van der Waals surface area contributed by atoms with Gasteiger partial charge in [-0.15, -0.1) is 24.2 Å². The predicted molar refractivity (Wildman–Crippen MR) is 102 cm³/mol. The third kappa shape index (κ3) is 3.62. The van der Waals surface area contributed by atoms with Gasteiger partial charge in [0.05, 0.1) is 16.6 Å². The number of halogens is 1. The Bertz CT molecular complexity index is 813. The van der Waals surface area contributed by atoms with Crippen molar-refractivity contribution < 1.29 is 0 Å². The van der Waals surface area contributed by atoms with Gasteiger partial charge in [0.2, 0.25) is 0 Å². The number of thioether (sulfide) groups is 1. The molecular formula is C17H23ClN4S. The van der Waals surface area contributed by atoms with Gasteiger partial charge in [-0.1, -0.05) is 18.2 Å². The van der Waals surface area contributed by atoms with Crippen LogP contribution in [0.1, 0.15) is 12.1 Å². The lowest BCUT2D eigenvalue weighted by molar-refractivity contribution is 0.410. The van der Waals surface area contributed by atoms with Gasteiger partial charge in [-0.05, 0) is 45.8 Å². The van der Waals surface area contributed by atoms with Crippen molar-refractivity contribution in [2.24, 2.45) is 7.05 Å². The van der Waals surface area contributed by atoms with Crippen molar-refractivity contribution in [3.05, 3.63) is 30.0 Å². The summed E-state index contributed by atoms with van der Waals surface area (Å²) in [5.41, 5.74) is 3.09. The quantitative estimate of drug-likeness (QED) is 0.516. The Morgan fingerprint density at radius 3 is 2.70 bits per heavy atom. The van der Waals surface area contributed by atoms with Crippen LogP contribution in [-0.2, 0) is 7.05 Å². The van der Waals surface area contributed by atoms with E-state index in [0.29, 0.717) is 0 Å². The lowest BCUT2D eigenvalue weighted by Gasteiger charge is -2.11. The molecular weight excluding hydrogens is 328 g/mol. The summed E-state index contributed by atoms with van der Waals surface area (Å²) in [5.74, 6) is 1.11. The normalized spacial score (nSPS) is 11.3. The third-order valence-corrected chi connectivity index (χ3v) is 5.00. The first-order chi connectivity index (χ1) is 10.6. The summed E-state index contributed by atoms with van der Waals surface area (Å²) in [7, 11) is 6.21. The summed E-state index contributed by atoms with van der Waals surface area (Å²) >= 11 is 1.93. The molecule has 0 saturated carbocycles. The highest BCUT2D eigenvalue weighted by atomic mass is 35.5. The third-order valence-electron chi connectivity index (χ3n) is 3.79. The molecule has 6 heteroatoms. The van der Waals surface area contributed by atoms with Crippen molar-refractivity contribution in [1.82, 2.24) is 19.7 Å². The van der Waals surface area contributed by atoms with Gasteiger partial charge in [-0.2, -0.15) is 5.10 Å². The Labute approximate surface area is 147 Å². The van der Waals surface area contributed by atoms with Crippen LogP contribution < -0.4 is 0 Å². The van der Waals surface area contributed by atoms with Crippen molar-refractivity contribution in [2.75, 3.05) is 26.4 Å². The number of hydrogen-bond donors (Lipinski definition) is 0. The second-order valence-electron chi connectivity index (χ2n) is 5.87. The molecule has 0 fully saturated rings. The molecule has 3 aromatic rings. The number of para-hydroxylation sites is 1. The van der Waals surface area contributed by atoms with E-state index in [-0.39, 0.29) is 12.4 Å². The number of aromatic nitrogens is 3. The van der Waals surface area contributed by atoms with Gasteiger partial charge < -0.3 is 4.90 Å². The van der Waals surface area contributed by atoms with Crippen LogP contribution in [0.25, 0.3) is 21.9 Å². The van der Waals surface area contributed by atoms with E-state index in [1.807, 2.05) is 29.6 Å². The molecule has 23 heavy (non-hydrogen) atoms. The van der Waals surface area contributed by atoms with Crippen LogP contribution in [0.15, 0.2) is 29.2 Å². The zero-order valence-corrected chi connectivity index (χ0v) is 15.7. The maximum absolute atomic E-state index is 4.79. The molecule has 0 amide bonds. The zero-order chi connectivity index (χ0) is 15.7. The van der Waals surface area contributed by atoms with Crippen molar-refractivity contribution in [2.45, 2.75) is 18.2 Å². The lowest BCUT2D eigenvalue weighted by Crippen LogP contribution is -2.13. The monoisotopic (exact) mass is 350 g/mol. The molecule has 0 N–H and O–H groups in total. The van der Waals surface area contributed by atoms with Gasteiger partial charge >= 0.3 is 0 Å². The van der Waals surface area contributed by atoms with Crippen molar-refractivity contribution in [3.63, 3.8) is 0 Å². The molecule has 124 valence electrons. The maximum Gasteiger partial charge on any atom is 0.159 e. The number of nitrogens with zero attached hydrogens (tertiary/aromatic N) is 4. The molecule has 0 bridgehead atoms. The maximum atomic E-state index is 4.79. The van der Waals surface area contributed by atoms with E-state index in [2.05, 4.69) is 49.2 Å². The van der Waals surface area contributed by atoms with Crippen LogP contribution in [0.4, 0.5) is 0 Å². The summed E-state index contributed by atoms with van der Waals surface area (Å²) < 4.78 is 1.89. The minimum absolute atomic E-state index is 0. The largest absolute Gasteiger partial charge is 0.309 e. The van der Waals surface area contributed by atoms with Gasteiger partial charge in [0.1, 0.15) is 0 Å². The van der Waals surface area contributed by atoms with E-state index < -0.39 is 0 Å². The molecule has 0 aliphatic carbocycles. The van der Waals surface area contributed by atoms with Crippen molar-refractivity contribution >= 4 is 46.1 Å². The van der Waals surface area contributed by atoms with E-state index in [1.54, 1.807) is 0 Å². The molecule has 3 rings (SSSR count). The Morgan fingerprint density at radius 2 is 1.96 bits per heavy atom. The van der Waals surface area contributed by atoms with Crippen LogP contribution in [0.2, 0.25) is 0 Å². The van der Waals surface area contributed by atoms with E-state index >= 15 is 0 Å². The molecule has 0 aliphatic rings. The highest BCUT2D eigenvalue weighted by Crippen LogP contribution is 2.35. The van der Waals surface area contributed by atoms with Crippen LogP contribution in [-0.4, -0.2) is 46.1 Å². The number of pyridine rings is 1. The standard InChI is InChI=1S/C17H22N4S.ClH/c1-12-15-16(22-11-7-10-20(2)3)13-8-5-6-9-14(13)18-17(15)21(4)19-12;/h5-6,8-9H,7,10-11H2,1-4H3;1H. The summed E-state index contributed by atoms with van der Waals surface area (Å²) in [6.45, 7) is 3.19. The molecule has 2 heterocycles. The molecule has 0 saturated heterocycles. The smallest absolute Gasteiger partial charge is 0.159 e. The summed E-state index contributed by atoms with van der Waals surface area (Å²) in [6.07, 6.45) is 1.18. The number of fused-ring (bicyclic) bond motifs is 2. The number of aryl methyl sites for hydroxylation is 2. The predicted octanol–water partition coefficient (Wildman–Crippen LogP) is 3.90. The fourth-order valence-corrected chi connectivity index (χ4v) is 3.95. The van der Waals surface area contributed by atoms with Crippen LogP contribution in [0.5, 0.6) is 0 Å². The van der Waals surface area contributed by atoms with Crippen LogP contribution in [0, 0.1) is 6.92 Å². The SMILES string of the molecule is Cc1nn(C)c2nc3ccccc3c(SCCCN(C)C)c12.Cl. The van der Waals surface area contributed by atoms with Crippen molar-refractivity contribution in [3.8, 4) is 0 Å². The molecule has 0 unspecified atom stereocenters. The zero-order valence-electron chi connectivity index (χ0n) is 14.0. The molecule has 0 spiro atoms. The summed E-state index contributed by atoms with van der Waals surface area (Å²) in [4.78, 5) is 8.35. The number of hydrogen-bond acceptors (Lipinski definition) is 4. The minimum atomic E-state index is 0. The van der Waals surface area contributed by atoms with Crippen molar-refractivity contribution in [1.29, 1.82) is 0 Å². The highest BCUT2D eigenvalue weighted by Gasteiger charge is 2.15. The Hall–Kier alpha value is -1.30. The molecule has 2 aromatic heterocycles. The highest BCUT2D eigenvalue weighted by molar-refractivity contribution is 7.99. The fraction of sp³-hybridized carbons (Fsp3) is 0.412. The average molecular weight is 351 g/mol. The number of rotatable bonds is 5. The molecule has 0 atom stereocenters. The second kappa shape index (κ2) is 7.51. The summed E-state index contributed by atoms with van der Waals surface area (Å²) in [6, 6.07) is 8.39. The number of benzene rings is 1. The van der Waals surface area contributed by atoms with Gasteiger partial charge in [0.25, 0.3) is 0 Å². The second-order valence-corrected chi connectivity index (χ2v) is 6.98. The van der Waals surface area contributed by atoms with Crippen LogP contribution in [0.3, 0.4) is 0 Å².